The number of carbonyl (C=O) groups is 3. The summed E-state index contributed by atoms with van der Waals surface area (Å²) in [5, 5.41) is 1.38. The lowest BCUT2D eigenvalue weighted by Gasteiger charge is -2.21. The first-order valence-electron chi connectivity index (χ1n) is 4.24. The number of benzene rings is 1. The zero-order chi connectivity index (χ0) is 11.0. The molecule has 1 heterocycles. The van der Waals surface area contributed by atoms with Crippen LogP contribution in [0.2, 0.25) is 0 Å². The summed E-state index contributed by atoms with van der Waals surface area (Å²) in [6.45, 7) is 0. The fourth-order valence-electron chi connectivity index (χ4n) is 1.49. The number of hydrogen-bond acceptors (Lipinski definition) is 3. The number of amides is 1. The molecule has 0 saturated carbocycles. The minimum absolute atomic E-state index is 0.236. The van der Waals surface area contributed by atoms with Gasteiger partial charge in [-0.15, -0.1) is 0 Å². The molecule has 5 heteroatoms. The van der Waals surface area contributed by atoms with Gasteiger partial charge in [-0.1, -0.05) is 18.2 Å². The molecule has 0 unspecified atom stereocenters. The van der Waals surface area contributed by atoms with E-state index in [1.54, 1.807) is 12.1 Å². The van der Waals surface area contributed by atoms with Gasteiger partial charge in [0.1, 0.15) is 0 Å². The normalized spacial score (nSPS) is 19.4. The van der Waals surface area contributed by atoms with Gasteiger partial charge in [0.15, 0.2) is 11.8 Å². The van der Waals surface area contributed by atoms with Gasteiger partial charge in [0.05, 0.1) is 5.56 Å². The Morgan fingerprint density at radius 1 is 1.20 bits per heavy atom. The Labute approximate surface area is 90.2 Å². The Kier molecular flexibility index (Phi) is 2.28. The van der Waals surface area contributed by atoms with Crippen LogP contribution >= 0.6 is 11.6 Å². The average molecular weight is 224 g/mol. The highest BCUT2D eigenvalue weighted by Crippen LogP contribution is 2.17. The van der Waals surface area contributed by atoms with Crippen LogP contribution in [0.3, 0.4) is 0 Å². The molecule has 1 atom stereocenters. The predicted octanol–water partition coefficient (Wildman–Crippen LogP) is 0.747. The molecule has 0 aliphatic carbocycles. The molecule has 1 aliphatic heterocycles. The zero-order valence-corrected chi connectivity index (χ0v) is 8.25. The molecule has 1 amide bonds. The first-order valence-corrected chi connectivity index (χ1v) is 4.62. The fraction of sp³-hybridized carbons (Fsp3) is 0.100. The maximum absolute atomic E-state index is 11.7. The van der Waals surface area contributed by atoms with Crippen molar-refractivity contribution < 1.29 is 14.4 Å². The van der Waals surface area contributed by atoms with Crippen molar-refractivity contribution in [2.45, 2.75) is 6.04 Å². The van der Waals surface area contributed by atoms with Crippen LogP contribution in [0.4, 0.5) is 0 Å². The molecule has 0 radical (unpaired) electrons. The standard InChI is InChI=1S/C10H6ClNO3/c11-9(14)7-8(13)5-3-1-2-4-6(5)10(15)12-7/h1-4,7H,(H,12,15)/t7-/m0/s1. The van der Waals surface area contributed by atoms with E-state index in [1.165, 1.54) is 12.1 Å². The van der Waals surface area contributed by atoms with Gasteiger partial charge in [-0.2, -0.15) is 0 Å². The van der Waals surface area contributed by atoms with E-state index in [1.807, 2.05) is 0 Å². The molecular weight excluding hydrogens is 218 g/mol. The van der Waals surface area contributed by atoms with Crippen molar-refractivity contribution in [1.29, 1.82) is 0 Å². The fourth-order valence-corrected chi connectivity index (χ4v) is 1.64. The number of nitrogens with one attached hydrogen (secondary N) is 1. The maximum Gasteiger partial charge on any atom is 0.252 e. The van der Waals surface area contributed by atoms with Crippen LogP contribution in [0, 0.1) is 0 Å². The summed E-state index contributed by atoms with van der Waals surface area (Å²) in [7, 11) is 0. The lowest BCUT2D eigenvalue weighted by molar-refractivity contribution is -0.112. The van der Waals surface area contributed by atoms with Gasteiger partial charge in [-0.3, -0.25) is 14.4 Å². The van der Waals surface area contributed by atoms with E-state index in [4.69, 9.17) is 11.6 Å². The number of Topliss-reactive ketones (excluding diaryl/α,β-unsaturated/α-hetero) is 1. The third kappa shape index (κ3) is 1.53. The van der Waals surface area contributed by atoms with Crippen molar-refractivity contribution in [3.8, 4) is 0 Å². The number of carbonyl (C=O) groups excluding carboxylic acids is 3. The van der Waals surface area contributed by atoms with Gasteiger partial charge in [0.25, 0.3) is 11.1 Å². The highest BCUT2D eigenvalue weighted by molar-refractivity contribution is 6.67. The topological polar surface area (TPSA) is 63.2 Å². The third-order valence-electron chi connectivity index (χ3n) is 2.20. The lowest BCUT2D eigenvalue weighted by Crippen LogP contribution is -2.49. The average Bonchev–Trinajstić information content (AvgIpc) is 2.23. The second-order valence-electron chi connectivity index (χ2n) is 3.12. The molecule has 0 saturated heterocycles. The monoisotopic (exact) mass is 223 g/mol. The molecule has 4 nitrogen and oxygen atoms in total. The highest BCUT2D eigenvalue weighted by atomic mass is 35.5. The van der Waals surface area contributed by atoms with Crippen molar-refractivity contribution in [2.24, 2.45) is 0 Å². The molecule has 1 N–H and O–H groups in total. The quantitative estimate of drug-likeness (QED) is 0.564. The number of rotatable bonds is 1. The summed E-state index contributed by atoms with van der Waals surface area (Å²) in [6, 6.07) is 5.05. The van der Waals surface area contributed by atoms with Crippen molar-refractivity contribution in [2.75, 3.05) is 0 Å². The summed E-state index contributed by atoms with van der Waals surface area (Å²) in [4.78, 5) is 34.0. The van der Waals surface area contributed by atoms with Crippen molar-refractivity contribution in [1.82, 2.24) is 5.32 Å². The Bertz CT molecular complexity index is 469. The van der Waals surface area contributed by atoms with Crippen LogP contribution in [-0.2, 0) is 4.79 Å². The summed E-state index contributed by atoms with van der Waals surface area (Å²) < 4.78 is 0. The van der Waals surface area contributed by atoms with E-state index in [2.05, 4.69) is 5.32 Å². The minimum Gasteiger partial charge on any atom is -0.334 e. The molecular formula is C10H6ClNO3. The third-order valence-corrected chi connectivity index (χ3v) is 2.42. The molecule has 1 aromatic carbocycles. The highest BCUT2D eigenvalue weighted by Gasteiger charge is 2.35. The summed E-state index contributed by atoms with van der Waals surface area (Å²) in [5.74, 6) is -0.922. The summed E-state index contributed by atoms with van der Waals surface area (Å²) in [6.07, 6.45) is 0. The van der Waals surface area contributed by atoms with Gasteiger partial charge in [-0.25, -0.2) is 0 Å². The number of halogens is 1. The Morgan fingerprint density at radius 2 is 1.80 bits per heavy atom. The molecule has 0 bridgehead atoms. The van der Waals surface area contributed by atoms with Crippen molar-refractivity contribution in [3.63, 3.8) is 0 Å². The van der Waals surface area contributed by atoms with E-state index in [-0.39, 0.29) is 11.1 Å². The van der Waals surface area contributed by atoms with Gasteiger partial charge in [0.2, 0.25) is 0 Å². The molecule has 0 spiro atoms. The summed E-state index contributed by atoms with van der Waals surface area (Å²) in [5.41, 5.74) is 0.511. The van der Waals surface area contributed by atoms with Crippen LogP contribution in [0.1, 0.15) is 20.7 Å². The van der Waals surface area contributed by atoms with E-state index < -0.39 is 23.0 Å². The van der Waals surface area contributed by atoms with Gasteiger partial charge in [-0.05, 0) is 17.7 Å². The first-order chi connectivity index (χ1) is 7.11. The number of ketones is 1. The number of hydrogen-bond donors (Lipinski definition) is 1. The van der Waals surface area contributed by atoms with Gasteiger partial charge in [0, 0.05) is 5.56 Å². The molecule has 0 aromatic heterocycles. The second-order valence-corrected chi connectivity index (χ2v) is 3.49. The van der Waals surface area contributed by atoms with Crippen molar-refractivity contribution >= 4 is 28.5 Å². The van der Waals surface area contributed by atoms with Crippen LogP contribution in [0.15, 0.2) is 24.3 Å². The Morgan fingerprint density at radius 3 is 2.40 bits per heavy atom. The minimum atomic E-state index is -1.26. The second kappa shape index (κ2) is 3.47. The lowest BCUT2D eigenvalue weighted by atomic mass is 9.94. The van der Waals surface area contributed by atoms with E-state index >= 15 is 0 Å². The molecule has 76 valence electrons. The molecule has 2 rings (SSSR count). The van der Waals surface area contributed by atoms with E-state index in [0.29, 0.717) is 0 Å². The van der Waals surface area contributed by atoms with E-state index in [0.717, 1.165) is 0 Å². The van der Waals surface area contributed by atoms with Crippen LogP contribution in [0.5, 0.6) is 0 Å². The SMILES string of the molecule is O=C1N[C@H](C(=O)Cl)C(=O)c2ccccc21. The molecule has 15 heavy (non-hydrogen) atoms. The smallest absolute Gasteiger partial charge is 0.252 e. The molecule has 1 aromatic rings. The van der Waals surface area contributed by atoms with Crippen LogP contribution in [0.25, 0.3) is 0 Å². The zero-order valence-electron chi connectivity index (χ0n) is 7.49. The van der Waals surface area contributed by atoms with Gasteiger partial charge < -0.3 is 5.32 Å². The summed E-state index contributed by atoms with van der Waals surface area (Å²) >= 11 is 5.21. The predicted molar refractivity (Wildman–Crippen MR) is 52.9 cm³/mol. The molecule has 1 aliphatic rings. The Balaban J connectivity index is 2.53. The van der Waals surface area contributed by atoms with E-state index in [9.17, 15) is 14.4 Å². The Hall–Kier alpha value is -1.68. The molecule has 0 fully saturated rings. The number of fused-ring (bicyclic) bond motifs is 1. The van der Waals surface area contributed by atoms with Gasteiger partial charge >= 0.3 is 0 Å². The maximum atomic E-state index is 11.7. The van der Waals surface area contributed by atoms with Crippen LogP contribution in [-0.4, -0.2) is 23.0 Å². The van der Waals surface area contributed by atoms with Crippen LogP contribution < -0.4 is 5.32 Å². The first kappa shape index (κ1) is 9.86. The van der Waals surface area contributed by atoms with Crippen molar-refractivity contribution in [3.05, 3.63) is 35.4 Å². The largest absolute Gasteiger partial charge is 0.334 e.